The third-order valence-electron chi connectivity index (χ3n) is 2.28. The number of methoxy groups -OCH3 is 2. The molecular formula is C12H14O4S. The highest BCUT2D eigenvalue weighted by Crippen LogP contribution is 2.17. The molecule has 0 N–H and O–H groups in total. The quantitative estimate of drug-likeness (QED) is 0.652. The molecule has 0 aromatic heterocycles. The SMILES string of the molecule is COC(=O)Cc1ccc(S)c(CC(=O)OC)c1. The van der Waals surface area contributed by atoms with E-state index in [4.69, 9.17) is 0 Å². The number of thiol groups is 1. The molecule has 0 amide bonds. The summed E-state index contributed by atoms with van der Waals surface area (Å²) in [5.74, 6) is -0.656. The van der Waals surface area contributed by atoms with Crippen LogP contribution in [-0.4, -0.2) is 26.2 Å². The smallest absolute Gasteiger partial charge is 0.310 e. The first-order valence-corrected chi connectivity index (χ1v) is 5.46. The maximum Gasteiger partial charge on any atom is 0.310 e. The minimum absolute atomic E-state index is 0.143. The topological polar surface area (TPSA) is 52.6 Å². The zero-order chi connectivity index (χ0) is 12.8. The third-order valence-corrected chi connectivity index (χ3v) is 2.72. The number of hydrogen-bond donors (Lipinski definition) is 1. The summed E-state index contributed by atoms with van der Waals surface area (Å²) >= 11 is 4.25. The van der Waals surface area contributed by atoms with E-state index >= 15 is 0 Å². The Kier molecular flexibility index (Phi) is 5.03. The molecule has 0 aliphatic heterocycles. The molecule has 92 valence electrons. The molecule has 0 fully saturated rings. The van der Waals surface area contributed by atoms with Crippen LogP contribution in [-0.2, 0) is 31.9 Å². The molecule has 0 radical (unpaired) electrons. The Labute approximate surface area is 105 Å². The lowest BCUT2D eigenvalue weighted by atomic mass is 10.1. The van der Waals surface area contributed by atoms with Crippen LogP contribution in [0.5, 0.6) is 0 Å². The van der Waals surface area contributed by atoms with Crippen LogP contribution in [0.25, 0.3) is 0 Å². The van der Waals surface area contributed by atoms with Gasteiger partial charge in [0.15, 0.2) is 0 Å². The van der Waals surface area contributed by atoms with Gasteiger partial charge in [0.2, 0.25) is 0 Å². The minimum Gasteiger partial charge on any atom is -0.469 e. The van der Waals surface area contributed by atoms with E-state index in [-0.39, 0.29) is 24.8 Å². The van der Waals surface area contributed by atoms with Crippen molar-refractivity contribution in [1.82, 2.24) is 0 Å². The Morgan fingerprint density at radius 2 is 1.71 bits per heavy atom. The fourth-order valence-corrected chi connectivity index (χ4v) is 1.58. The molecule has 0 saturated heterocycles. The van der Waals surface area contributed by atoms with Crippen LogP contribution in [0.4, 0.5) is 0 Å². The molecule has 0 saturated carbocycles. The van der Waals surface area contributed by atoms with Gasteiger partial charge in [0.1, 0.15) is 0 Å². The van der Waals surface area contributed by atoms with E-state index in [9.17, 15) is 9.59 Å². The first-order chi connectivity index (χ1) is 8.06. The van der Waals surface area contributed by atoms with Crippen LogP contribution >= 0.6 is 12.6 Å². The molecule has 1 rings (SSSR count). The predicted octanol–water partition coefficient (Wildman–Crippen LogP) is 1.41. The molecule has 0 unspecified atom stereocenters. The van der Waals surface area contributed by atoms with Gasteiger partial charge in [0.05, 0.1) is 27.1 Å². The highest BCUT2D eigenvalue weighted by molar-refractivity contribution is 7.80. The minimum atomic E-state index is -0.337. The molecule has 1 aromatic carbocycles. The summed E-state index contributed by atoms with van der Waals surface area (Å²) in [5.41, 5.74) is 1.52. The van der Waals surface area contributed by atoms with Crippen LogP contribution in [0.15, 0.2) is 23.1 Å². The van der Waals surface area contributed by atoms with Crippen LogP contribution in [0.2, 0.25) is 0 Å². The van der Waals surface area contributed by atoms with Crippen molar-refractivity contribution in [3.63, 3.8) is 0 Å². The number of hydrogen-bond acceptors (Lipinski definition) is 5. The summed E-state index contributed by atoms with van der Waals surface area (Å²) in [6, 6.07) is 5.29. The van der Waals surface area contributed by atoms with Crippen molar-refractivity contribution in [1.29, 1.82) is 0 Å². The van der Waals surface area contributed by atoms with Gasteiger partial charge in [-0.3, -0.25) is 9.59 Å². The first-order valence-electron chi connectivity index (χ1n) is 5.01. The van der Waals surface area contributed by atoms with Gasteiger partial charge in [-0.15, -0.1) is 12.6 Å². The molecule has 1 aromatic rings. The van der Waals surface area contributed by atoms with Crippen molar-refractivity contribution in [2.45, 2.75) is 17.7 Å². The van der Waals surface area contributed by atoms with Crippen molar-refractivity contribution in [2.24, 2.45) is 0 Å². The molecule has 5 heteroatoms. The highest BCUT2D eigenvalue weighted by atomic mass is 32.1. The number of rotatable bonds is 4. The summed E-state index contributed by atoms with van der Waals surface area (Å²) in [4.78, 5) is 23.0. The number of benzene rings is 1. The number of ether oxygens (including phenoxy) is 2. The van der Waals surface area contributed by atoms with Gasteiger partial charge in [-0.25, -0.2) is 0 Å². The van der Waals surface area contributed by atoms with E-state index in [1.165, 1.54) is 14.2 Å². The van der Waals surface area contributed by atoms with Crippen molar-refractivity contribution < 1.29 is 19.1 Å². The van der Waals surface area contributed by atoms with Gasteiger partial charge in [0, 0.05) is 4.90 Å². The van der Waals surface area contributed by atoms with E-state index < -0.39 is 0 Å². The summed E-state index contributed by atoms with van der Waals surface area (Å²) in [6.07, 6.45) is 0.322. The standard InChI is InChI=1S/C12H14O4S/c1-15-11(13)6-8-3-4-10(17)9(5-8)7-12(14)16-2/h3-5,17H,6-7H2,1-2H3. The Hall–Kier alpha value is -1.49. The summed E-state index contributed by atoms with van der Waals surface area (Å²) in [6.45, 7) is 0. The zero-order valence-corrected chi connectivity index (χ0v) is 10.6. The lowest BCUT2D eigenvalue weighted by molar-refractivity contribution is -0.140. The fourth-order valence-electron chi connectivity index (χ4n) is 1.36. The largest absolute Gasteiger partial charge is 0.469 e. The molecule has 0 aliphatic carbocycles. The van der Waals surface area contributed by atoms with Crippen molar-refractivity contribution in [3.8, 4) is 0 Å². The van der Waals surface area contributed by atoms with Gasteiger partial charge in [-0.05, 0) is 17.2 Å². The Morgan fingerprint density at radius 1 is 1.12 bits per heavy atom. The maximum absolute atomic E-state index is 11.2. The van der Waals surface area contributed by atoms with E-state index in [0.717, 1.165) is 11.1 Å². The van der Waals surface area contributed by atoms with Gasteiger partial charge in [-0.1, -0.05) is 12.1 Å². The van der Waals surface area contributed by atoms with Gasteiger partial charge < -0.3 is 9.47 Å². The zero-order valence-electron chi connectivity index (χ0n) is 9.73. The fraction of sp³-hybridized carbons (Fsp3) is 0.333. The maximum atomic E-state index is 11.2. The van der Waals surface area contributed by atoms with E-state index in [0.29, 0.717) is 4.90 Å². The van der Waals surface area contributed by atoms with Crippen LogP contribution in [0.3, 0.4) is 0 Å². The third kappa shape index (κ3) is 4.11. The number of carbonyl (C=O) groups excluding carboxylic acids is 2. The molecule has 0 bridgehead atoms. The molecule has 4 nitrogen and oxygen atoms in total. The Morgan fingerprint density at radius 3 is 2.29 bits per heavy atom. The van der Waals surface area contributed by atoms with Crippen molar-refractivity contribution >= 4 is 24.6 Å². The van der Waals surface area contributed by atoms with Crippen LogP contribution in [0, 0.1) is 0 Å². The average Bonchev–Trinajstić information content (AvgIpc) is 2.33. The summed E-state index contributed by atoms with van der Waals surface area (Å²) < 4.78 is 9.16. The van der Waals surface area contributed by atoms with Crippen LogP contribution in [0.1, 0.15) is 11.1 Å². The average molecular weight is 254 g/mol. The van der Waals surface area contributed by atoms with Gasteiger partial charge in [-0.2, -0.15) is 0 Å². The molecule has 0 spiro atoms. The second kappa shape index (κ2) is 6.30. The normalized spacial score (nSPS) is 9.82. The second-order valence-electron chi connectivity index (χ2n) is 3.47. The molecule has 0 heterocycles. The predicted molar refractivity (Wildman–Crippen MR) is 65.1 cm³/mol. The lowest BCUT2D eigenvalue weighted by Crippen LogP contribution is -2.08. The lowest BCUT2D eigenvalue weighted by Gasteiger charge is -2.07. The number of esters is 2. The summed E-state index contributed by atoms with van der Waals surface area (Å²) in [7, 11) is 2.67. The van der Waals surface area contributed by atoms with Crippen molar-refractivity contribution in [3.05, 3.63) is 29.3 Å². The van der Waals surface area contributed by atoms with E-state index in [2.05, 4.69) is 22.1 Å². The monoisotopic (exact) mass is 254 g/mol. The number of carbonyl (C=O) groups is 2. The summed E-state index contributed by atoms with van der Waals surface area (Å²) in [5, 5.41) is 0. The molecule has 17 heavy (non-hydrogen) atoms. The van der Waals surface area contributed by atoms with Gasteiger partial charge >= 0.3 is 11.9 Å². The van der Waals surface area contributed by atoms with Crippen molar-refractivity contribution in [2.75, 3.05) is 14.2 Å². The second-order valence-corrected chi connectivity index (χ2v) is 3.95. The molecule has 0 atom stereocenters. The highest BCUT2D eigenvalue weighted by Gasteiger charge is 2.09. The Bertz CT molecular complexity index is 429. The first kappa shape index (κ1) is 13.6. The Balaban J connectivity index is 2.86. The van der Waals surface area contributed by atoms with Crippen LogP contribution < -0.4 is 0 Å². The van der Waals surface area contributed by atoms with E-state index in [1.807, 2.05) is 0 Å². The van der Waals surface area contributed by atoms with E-state index in [1.54, 1.807) is 18.2 Å². The molecule has 0 aliphatic rings. The molecular weight excluding hydrogens is 240 g/mol. The van der Waals surface area contributed by atoms with Gasteiger partial charge in [0.25, 0.3) is 0 Å².